The number of nitrogens with one attached hydrogen (secondary N) is 1. The van der Waals surface area contributed by atoms with Gasteiger partial charge in [-0.05, 0) is 25.0 Å². The fraction of sp³-hybridized carbons (Fsp3) is 0.357. The van der Waals surface area contributed by atoms with Crippen LogP contribution in [0.5, 0.6) is 0 Å². The molecule has 0 heterocycles. The van der Waals surface area contributed by atoms with Crippen LogP contribution in [0.25, 0.3) is 0 Å². The van der Waals surface area contributed by atoms with Crippen molar-refractivity contribution in [3.8, 4) is 0 Å². The number of ketones is 1. The van der Waals surface area contributed by atoms with Crippen LogP contribution in [0, 0.1) is 11.6 Å². The molecule has 0 saturated carbocycles. The van der Waals surface area contributed by atoms with E-state index < -0.39 is 36.0 Å². The van der Waals surface area contributed by atoms with E-state index in [1.54, 1.807) is 0 Å². The molecular weight excluding hydrogens is 284 g/mol. The van der Waals surface area contributed by atoms with Gasteiger partial charge >= 0.3 is 5.97 Å². The lowest BCUT2D eigenvalue weighted by molar-refractivity contribution is -0.142. The Hall–Kier alpha value is -2.31. The zero-order chi connectivity index (χ0) is 16.0. The lowest BCUT2D eigenvalue weighted by atomic mass is 10.1. The van der Waals surface area contributed by atoms with E-state index in [2.05, 4.69) is 5.32 Å². The summed E-state index contributed by atoms with van der Waals surface area (Å²) in [6, 6.07) is 1.56. The highest BCUT2D eigenvalue weighted by molar-refractivity contribution is 5.85. The number of rotatable bonds is 7. The van der Waals surface area contributed by atoms with Crippen molar-refractivity contribution in [1.29, 1.82) is 0 Å². The number of carboxylic acid groups (broad SMARTS) is 1. The van der Waals surface area contributed by atoms with Gasteiger partial charge in [-0.15, -0.1) is 0 Å². The molecular formula is C14H15F2NO4. The molecule has 0 radical (unpaired) electrons. The third kappa shape index (κ3) is 5.68. The van der Waals surface area contributed by atoms with Crippen LogP contribution in [0.4, 0.5) is 8.78 Å². The Kier molecular flexibility index (Phi) is 5.95. The summed E-state index contributed by atoms with van der Waals surface area (Å²) >= 11 is 0. The maximum atomic E-state index is 13.4. The van der Waals surface area contributed by atoms with Gasteiger partial charge in [0.25, 0.3) is 0 Å². The second kappa shape index (κ2) is 7.47. The molecule has 1 atom stereocenters. The molecule has 0 saturated heterocycles. The molecule has 1 aromatic carbocycles. The third-order valence-electron chi connectivity index (χ3n) is 2.78. The fourth-order valence-corrected chi connectivity index (χ4v) is 1.69. The predicted molar refractivity (Wildman–Crippen MR) is 69.5 cm³/mol. The van der Waals surface area contributed by atoms with E-state index in [1.807, 2.05) is 0 Å². The molecule has 0 fully saturated rings. The van der Waals surface area contributed by atoms with E-state index in [1.165, 1.54) is 6.92 Å². The summed E-state index contributed by atoms with van der Waals surface area (Å²) in [7, 11) is 0. The van der Waals surface area contributed by atoms with E-state index in [-0.39, 0.29) is 24.2 Å². The van der Waals surface area contributed by atoms with E-state index in [4.69, 9.17) is 5.11 Å². The number of Topliss-reactive ketones (excluding diaryl/α,β-unsaturated/α-hetero) is 1. The molecule has 7 heteroatoms. The summed E-state index contributed by atoms with van der Waals surface area (Å²) in [5, 5.41) is 11.2. The number of carbonyl (C=O) groups excluding carboxylic acids is 2. The monoisotopic (exact) mass is 299 g/mol. The van der Waals surface area contributed by atoms with Crippen LogP contribution in [0.2, 0.25) is 0 Å². The lowest BCUT2D eigenvalue weighted by Crippen LogP contribution is -2.41. The molecule has 1 aromatic rings. The van der Waals surface area contributed by atoms with Gasteiger partial charge in [-0.2, -0.15) is 0 Å². The van der Waals surface area contributed by atoms with E-state index >= 15 is 0 Å². The molecule has 0 aromatic heterocycles. The fourth-order valence-electron chi connectivity index (χ4n) is 1.69. The summed E-state index contributed by atoms with van der Waals surface area (Å²) in [5.74, 6) is -3.82. The van der Waals surface area contributed by atoms with Crippen molar-refractivity contribution >= 4 is 17.7 Å². The quantitative estimate of drug-likeness (QED) is 0.798. The maximum Gasteiger partial charge on any atom is 0.326 e. The highest BCUT2D eigenvalue weighted by atomic mass is 19.1. The zero-order valence-corrected chi connectivity index (χ0v) is 11.4. The number of carboxylic acids is 1. The van der Waals surface area contributed by atoms with Crippen molar-refractivity contribution in [2.24, 2.45) is 0 Å². The number of amides is 1. The maximum absolute atomic E-state index is 13.4. The summed E-state index contributed by atoms with van der Waals surface area (Å²) in [6.07, 6.45) is -0.430. The van der Waals surface area contributed by atoms with Crippen LogP contribution in [0.15, 0.2) is 18.2 Å². The van der Waals surface area contributed by atoms with Crippen molar-refractivity contribution in [3.05, 3.63) is 35.4 Å². The van der Waals surface area contributed by atoms with Gasteiger partial charge in [0.15, 0.2) is 0 Å². The standard InChI is InChI=1S/C14H15F2NO4/c1-8(18)2-5-12(14(20)21)17-13(19)6-9-3-4-10(15)7-11(9)16/h3-4,7,12H,2,5-6H2,1H3,(H,17,19)(H,20,21)/t12-/m1/s1. The van der Waals surface area contributed by atoms with Crippen molar-refractivity contribution in [3.63, 3.8) is 0 Å². The number of carbonyl (C=O) groups is 3. The summed E-state index contributed by atoms with van der Waals surface area (Å²) < 4.78 is 26.1. The van der Waals surface area contributed by atoms with Crippen LogP contribution in [-0.2, 0) is 20.8 Å². The average Bonchev–Trinajstić information content (AvgIpc) is 2.37. The van der Waals surface area contributed by atoms with Crippen LogP contribution >= 0.6 is 0 Å². The molecule has 0 aliphatic carbocycles. The molecule has 0 bridgehead atoms. The average molecular weight is 299 g/mol. The van der Waals surface area contributed by atoms with Crippen LogP contribution in [0.1, 0.15) is 25.3 Å². The normalized spacial score (nSPS) is 11.8. The van der Waals surface area contributed by atoms with Crippen LogP contribution < -0.4 is 5.32 Å². The smallest absolute Gasteiger partial charge is 0.326 e. The second-order valence-corrected chi connectivity index (χ2v) is 4.61. The van der Waals surface area contributed by atoms with Gasteiger partial charge in [0, 0.05) is 12.5 Å². The molecule has 0 aliphatic heterocycles. The first kappa shape index (κ1) is 16.7. The Morgan fingerprint density at radius 2 is 1.95 bits per heavy atom. The summed E-state index contributed by atoms with van der Waals surface area (Å²) in [6.45, 7) is 1.31. The molecule has 2 N–H and O–H groups in total. The molecule has 0 aliphatic rings. The van der Waals surface area contributed by atoms with E-state index in [9.17, 15) is 23.2 Å². The lowest BCUT2D eigenvalue weighted by Gasteiger charge is -2.14. The molecule has 1 amide bonds. The topological polar surface area (TPSA) is 83.5 Å². The predicted octanol–water partition coefficient (Wildman–Crippen LogP) is 1.45. The Morgan fingerprint density at radius 3 is 2.48 bits per heavy atom. The minimum atomic E-state index is -1.27. The van der Waals surface area contributed by atoms with Crippen molar-refractivity contribution in [2.75, 3.05) is 0 Å². The largest absolute Gasteiger partial charge is 0.480 e. The van der Waals surface area contributed by atoms with Gasteiger partial charge in [0.05, 0.1) is 6.42 Å². The van der Waals surface area contributed by atoms with E-state index in [0.717, 1.165) is 12.1 Å². The first-order valence-corrected chi connectivity index (χ1v) is 6.25. The number of halogens is 2. The SMILES string of the molecule is CC(=O)CC[C@@H](NC(=O)Cc1ccc(F)cc1F)C(=O)O. The molecule has 1 rings (SSSR count). The van der Waals surface area contributed by atoms with Gasteiger partial charge in [-0.1, -0.05) is 6.07 Å². The van der Waals surface area contributed by atoms with Gasteiger partial charge < -0.3 is 15.2 Å². The zero-order valence-electron chi connectivity index (χ0n) is 11.4. The van der Waals surface area contributed by atoms with Gasteiger partial charge in [0.2, 0.25) is 5.91 Å². The van der Waals surface area contributed by atoms with Crippen LogP contribution in [0.3, 0.4) is 0 Å². The number of hydrogen-bond donors (Lipinski definition) is 2. The number of benzene rings is 1. The minimum Gasteiger partial charge on any atom is -0.480 e. The Labute approximate surface area is 120 Å². The van der Waals surface area contributed by atoms with Crippen LogP contribution in [-0.4, -0.2) is 28.8 Å². The van der Waals surface area contributed by atoms with E-state index in [0.29, 0.717) is 6.07 Å². The molecule has 21 heavy (non-hydrogen) atoms. The molecule has 0 unspecified atom stereocenters. The number of hydrogen-bond acceptors (Lipinski definition) is 3. The first-order valence-electron chi connectivity index (χ1n) is 6.25. The van der Waals surface area contributed by atoms with Gasteiger partial charge in [-0.3, -0.25) is 4.79 Å². The van der Waals surface area contributed by atoms with Gasteiger partial charge in [-0.25, -0.2) is 13.6 Å². The number of aliphatic carboxylic acids is 1. The first-order chi connectivity index (χ1) is 9.79. The van der Waals surface area contributed by atoms with Crippen molar-refractivity contribution in [1.82, 2.24) is 5.32 Å². The highest BCUT2D eigenvalue weighted by Gasteiger charge is 2.21. The third-order valence-corrected chi connectivity index (χ3v) is 2.78. The second-order valence-electron chi connectivity index (χ2n) is 4.61. The molecule has 0 spiro atoms. The minimum absolute atomic E-state index is 0.0160. The highest BCUT2D eigenvalue weighted by Crippen LogP contribution is 2.10. The van der Waals surface area contributed by atoms with Crippen molar-refractivity contribution in [2.45, 2.75) is 32.2 Å². The Morgan fingerprint density at radius 1 is 1.29 bits per heavy atom. The van der Waals surface area contributed by atoms with Crippen molar-refractivity contribution < 1.29 is 28.3 Å². The van der Waals surface area contributed by atoms with Gasteiger partial charge in [0.1, 0.15) is 23.5 Å². The summed E-state index contributed by atoms with van der Waals surface area (Å²) in [5.41, 5.74) is -0.0374. The summed E-state index contributed by atoms with van der Waals surface area (Å²) in [4.78, 5) is 33.5. The Bertz CT molecular complexity index is 560. The Balaban J connectivity index is 2.65. The molecule has 114 valence electrons. The molecule has 5 nitrogen and oxygen atoms in total.